The summed E-state index contributed by atoms with van der Waals surface area (Å²) >= 11 is 4.22. The van der Waals surface area contributed by atoms with Gasteiger partial charge in [-0.05, 0) is 57.4 Å². The molecule has 9 heteroatoms. The number of para-hydroxylation sites is 1. The number of anilines is 1. The predicted molar refractivity (Wildman–Crippen MR) is 146 cm³/mol. The summed E-state index contributed by atoms with van der Waals surface area (Å²) in [5.74, 6) is 1.21. The number of carbonyl (C=O) groups is 3. The lowest BCUT2D eigenvalue weighted by molar-refractivity contribution is -0.139. The maximum Gasteiger partial charge on any atom is 0.408 e. The normalized spacial score (nSPS) is 12.3. The van der Waals surface area contributed by atoms with Gasteiger partial charge in [0.1, 0.15) is 24.2 Å². The van der Waals surface area contributed by atoms with Gasteiger partial charge in [0.15, 0.2) is 0 Å². The van der Waals surface area contributed by atoms with Crippen LogP contribution in [0.5, 0.6) is 0 Å². The molecule has 2 atom stereocenters. The van der Waals surface area contributed by atoms with E-state index in [4.69, 9.17) is 11.2 Å². The molecule has 2 aromatic rings. The molecule has 0 aliphatic rings. The number of nitrogens with zero attached hydrogens (tertiary/aromatic N) is 2. The number of nitrogens with one attached hydrogen (secondary N) is 2. The standard InChI is InChI=1S/C28H32N4O4S/c1-7-20-13-8-9-14-21(20)24(25(33)31-23-18(2)11-10-12-19(23)3)32(16-15-29)26(34)22(17-37)30-27(35)36-28(4,5)6/h1,8-14,22,24,37H,16-17H2,2-6H3,(H,30,35)(H,31,33). The van der Waals surface area contributed by atoms with Gasteiger partial charge in [-0.3, -0.25) is 9.59 Å². The monoisotopic (exact) mass is 520 g/mol. The summed E-state index contributed by atoms with van der Waals surface area (Å²) in [5.41, 5.74) is 2.22. The third kappa shape index (κ3) is 7.77. The van der Waals surface area contributed by atoms with E-state index in [1.165, 1.54) is 0 Å². The Hall–Kier alpha value is -3.95. The Morgan fingerprint density at radius 2 is 1.73 bits per heavy atom. The number of nitriles is 1. The number of carbonyl (C=O) groups excluding carboxylic acids is 3. The fourth-order valence-electron chi connectivity index (χ4n) is 3.73. The van der Waals surface area contributed by atoms with Gasteiger partial charge in [0.25, 0.3) is 5.91 Å². The minimum Gasteiger partial charge on any atom is -0.444 e. The molecule has 0 aromatic heterocycles. The molecule has 0 heterocycles. The van der Waals surface area contributed by atoms with Crippen LogP contribution in [0, 0.1) is 37.5 Å². The third-order valence-corrected chi connectivity index (χ3v) is 5.76. The van der Waals surface area contributed by atoms with Crippen LogP contribution in [0.25, 0.3) is 0 Å². The largest absolute Gasteiger partial charge is 0.444 e. The summed E-state index contributed by atoms with van der Waals surface area (Å²) in [6.45, 7) is 8.34. The molecule has 0 fully saturated rings. The van der Waals surface area contributed by atoms with Crippen molar-refractivity contribution in [2.45, 2.75) is 52.3 Å². The van der Waals surface area contributed by atoms with Crippen LogP contribution in [0.4, 0.5) is 10.5 Å². The Morgan fingerprint density at radius 3 is 2.27 bits per heavy atom. The number of thiol groups is 1. The molecule has 3 amide bonds. The summed E-state index contributed by atoms with van der Waals surface area (Å²) in [5, 5.41) is 15.0. The first-order chi connectivity index (χ1) is 17.4. The summed E-state index contributed by atoms with van der Waals surface area (Å²) in [6.07, 6.45) is 4.89. The lowest BCUT2D eigenvalue weighted by Crippen LogP contribution is -2.53. The number of alkyl carbamates (subject to hydrolysis) is 1. The molecule has 2 rings (SSSR count). The van der Waals surface area contributed by atoms with Crippen LogP contribution >= 0.6 is 12.6 Å². The maximum absolute atomic E-state index is 13.8. The second kappa shape index (κ2) is 12.8. The van der Waals surface area contributed by atoms with Gasteiger partial charge in [-0.2, -0.15) is 17.9 Å². The zero-order chi connectivity index (χ0) is 27.8. The van der Waals surface area contributed by atoms with Crippen molar-refractivity contribution in [2.75, 3.05) is 17.6 Å². The third-order valence-electron chi connectivity index (χ3n) is 5.40. The SMILES string of the molecule is C#Cc1ccccc1C(C(=O)Nc1c(C)cccc1C)N(CC#N)C(=O)C(CS)NC(=O)OC(C)(C)C. The Bertz CT molecular complexity index is 1220. The van der Waals surface area contributed by atoms with E-state index in [1.54, 1.807) is 45.0 Å². The first-order valence-electron chi connectivity index (χ1n) is 11.6. The summed E-state index contributed by atoms with van der Waals surface area (Å²) in [4.78, 5) is 41.0. The molecule has 2 aromatic carbocycles. The van der Waals surface area contributed by atoms with Crippen LogP contribution in [0.3, 0.4) is 0 Å². The Morgan fingerprint density at radius 1 is 1.11 bits per heavy atom. The molecule has 0 aliphatic carbocycles. The molecule has 2 N–H and O–H groups in total. The highest BCUT2D eigenvalue weighted by Crippen LogP contribution is 2.28. The second-order valence-corrected chi connectivity index (χ2v) is 9.76. The fraction of sp³-hybridized carbons (Fsp3) is 0.357. The van der Waals surface area contributed by atoms with E-state index in [0.29, 0.717) is 16.8 Å². The number of hydrogen-bond donors (Lipinski definition) is 3. The molecule has 37 heavy (non-hydrogen) atoms. The molecule has 0 bridgehead atoms. The lowest BCUT2D eigenvalue weighted by Gasteiger charge is -2.33. The van der Waals surface area contributed by atoms with Crippen LogP contribution in [-0.2, 0) is 14.3 Å². The van der Waals surface area contributed by atoms with E-state index in [9.17, 15) is 19.6 Å². The number of aryl methyl sites for hydroxylation is 2. The van der Waals surface area contributed by atoms with Crippen molar-refractivity contribution in [2.24, 2.45) is 0 Å². The average Bonchev–Trinajstić information content (AvgIpc) is 2.83. The van der Waals surface area contributed by atoms with Crippen molar-refractivity contribution in [3.63, 3.8) is 0 Å². The first kappa shape index (κ1) is 29.3. The van der Waals surface area contributed by atoms with Crippen LogP contribution in [-0.4, -0.2) is 46.7 Å². The van der Waals surface area contributed by atoms with Crippen molar-refractivity contribution in [1.82, 2.24) is 10.2 Å². The van der Waals surface area contributed by atoms with Gasteiger partial charge in [0, 0.05) is 17.0 Å². The highest BCUT2D eigenvalue weighted by Gasteiger charge is 2.37. The maximum atomic E-state index is 13.8. The molecule has 194 valence electrons. The number of ether oxygens (including phenoxy) is 1. The molecule has 0 saturated heterocycles. The van der Waals surface area contributed by atoms with Crippen LogP contribution in [0.2, 0.25) is 0 Å². The van der Waals surface area contributed by atoms with Crippen molar-refractivity contribution in [3.8, 4) is 18.4 Å². The van der Waals surface area contributed by atoms with Gasteiger partial charge in [-0.25, -0.2) is 4.79 Å². The zero-order valence-corrected chi connectivity index (χ0v) is 22.6. The first-order valence-corrected chi connectivity index (χ1v) is 12.3. The smallest absolute Gasteiger partial charge is 0.408 e. The topological polar surface area (TPSA) is 112 Å². The Labute approximate surface area is 223 Å². The molecule has 0 saturated carbocycles. The lowest BCUT2D eigenvalue weighted by atomic mass is 9.97. The van der Waals surface area contributed by atoms with Crippen LogP contribution < -0.4 is 10.6 Å². The van der Waals surface area contributed by atoms with Gasteiger partial charge < -0.3 is 20.3 Å². The molecule has 2 unspecified atom stereocenters. The van der Waals surface area contributed by atoms with Gasteiger partial charge in [-0.15, -0.1) is 6.42 Å². The molecular weight excluding hydrogens is 488 g/mol. The number of terminal acetylenes is 1. The Balaban J connectivity index is 2.56. The highest BCUT2D eigenvalue weighted by molar-refractivity contribution is 7.80. The van der Waals surface area contributed by atoms with E-state index in [2.05, 4.69) is 29.2 Å². The highest BCUT2D eigenvalue weighted by atomic mass is 32.1. The van der Waals surface area contributed by atoms with E-state index in [0.717, 1.165) is 16.0 Å². The molecule has 0 aliphatic heterocycles. The van der Waals surface area contributed by atoms with Crippen molar-refractivity contribution < 1.29 is 19.1 Å². The summed E-state index contributed by atoms with van der Waals surface area (Å²) in [7, 11) is 0. The molecule has 8 nitrogen and oxygen atoms in total. The number of hydrogen-bond acceptors (Lipinski definition) is 6. The van der Waals surface area contributed by atoms with Crippen LogP contribution in [0.1, 0.15) is 49.1 Å². The summed E-state index contributed by atoms with van der Waals surface area (Å²) in [6, 6.07) is 11.8. The number of benzene rings is 2. The second-order valence-electron chi connectivity index (χ2n) is 9.40. The van der Waals surface area contributed by atoms with Gasteiger partial charge in [-0.1, -0.05) is 42.3 Å². The zero-order valence-electron chi connectivity index (χ0n) is 21.7. The quantitative estimate of drug-likeness (QED) is 0.275. The molecule has 0 spiro atoms. The number of rotatable bonds is 8. The van der Waals surface area contributed by atoms with Crippen molar-refractivity contribution >= 4 is 36.2 Å². The van der Waals surface area contributed by atoms with Crippen LogP contribution in [0.15, 0.2) is 42.5 Å². The molecular formula is C28H32N4O4S. The predicted octanol–water partition coefficient (Wildman–Crippen LogP) is 4.14. The minimum absolute atomic E-state index is 0.0952. The fourth-order valence-corrected chi connectivity index (χ4v) is 3.98. The van der Waals surface area contributed by atoms with Gasteiger partial charge >= 0.3 is 6.09 Å². The van der Waals surface area contributed by atoms with Gasteiger partial charge in [0.2, 0.25) is 5.91 Å². The molecule has 0 radical (unpaired) electrons. The van der Waals surface area contributed by atoms with E-state index in [1.807, 2.05) is 38.1 Å². The van der Waals surface area contributed by atoms with Gasteiger partial charge in [0.05, 0.1) is 6.07 Å². The summed E-state index contributed by atoms with van der Waals surface area (Å²) < 4.78 is 5.27. The van der Waals surface area contributed by atoms with Crippen molar-refractivity contribution in [3.05, 3.63) is 64.7 Å². The van der Waals surface area contributed by atoms with E-state index >= 15 is 0 Å². The van der Waals surface area contributed by atoms with Crippen molar-refractivity contribution in [1.29, 1.82) is 5.26 Å². The Kier molecular flexibility index (Phi) is 10.2. The average molecular weight is 521 g/mol. The van der Waals surface area contributed by atoms with E-state index < -0.39 is 42.1 Å². The minimum atomic E-state index is -1.26. The van der Waals surface area contributed by atoms with E-state index in [-0.39, 0.29) is 5.75 Å². The number of amides is 3.